The van der Waals surface area contributed by atoms with Crippen molar-refractivity contribution in [3.8, 4) is 5.75 Å². The molecule has 5 heteroatoms. The molecule has 0 bridgehead atoms. The van der Waals surface area contributed by atoms with Crippen LogP contribution in [0.4, 0.5) is 10.5 Å². The summed E-state index contributed by atoms with van der Waals surface area (Å²) in [5.41, 5.74) is 0.678. The van der Waals surface area contributed by atoms with E-state index < -0.39 is 0 Å². The van der Waals surface area contributed by atoms with Crippen molar-refractivity contribution in [2.45, 2.75) is 11.8 Å². The summed E-state index contributed by atoms with van der Waals surface area (Å²) < 4.78 is 5.47. The molecule has 2 rings (SSSR count). The summed E-state index contributed by atoms with van der Waals surface area (Å²) in [5, 5.41) is 5.65. The first-order valence-corrected chi connectivity index (χ1v) is 8.22. The van der Waals surface area contributed by atoms with Crippen LogP contribution in [0.2, 0.25) is 0 Å². The molecular formula is C17H20N2O2S. The molecule has 2 aromatic rings. The van der Waals surface area contributed by atoms with Crippen molar-refractivity contribution in [1.82, 2.24) is 5.32 Å². The molecule has 4 nitrogen and oxygen atoms in total. The lowest BCUT2D eigenvalue weighted by Crippen LogP contribution is -2.30. The van der Waals surface area contributed by atoms with Gasteiger partial charge < -0.3 is 15.4 Å². The van der Waals surface area contributed by atoms with Gasteiger partial charge in [-0.15, -0.1) is 11.8 Å². The fourth-order valence-electron chi connectivity index (χ4n) is 1.87. The molecule has 0 fully saturated rings. The van der Waals surface area contributed by atoms with Crippen LogP contribution in [-0.2, 0) is 0 Å². The number of hydrogen-bond acceptors (Lipinski definition) is 3. The molecule has 0 radical (unpaired) electrons. The van der Waals surface area contributed by atoms with E-state index in [2.05, 4.69) is 22.8 Å². The summed E-state index contributed by atoms with van der Waals surface area (Å²) in [6.07, 6.45) is 0. The highest BCUT2D eigenvalue weighted by atomic mass is 32.2. The SMILES string of the molecule is CCOc1ccccc1NC(=O)NCCSc1ccccc1. The van der Waals surface area contributed by atoms with Crippen molar-refractivity contribution >= 4 is 23.5 Å². The van der Waals surface area contributed by atoms with Crippen molar-refractivity contribution in [3.63, 3.8) is 0 Å². The molecule has 22 heavy (non-hydrogen) atoms. The van der Waals surface area contributed by atoms with E-state index in [0.717, 1.165) is 5.75 Å². The smallest absolute Gasteiger partial charge is 0.319 e. The number of ether oxygens (including phenoxy) is 1. The summed E-state index contributed by atoms with van der Waals surface area (Å²) in [7, 11) is 0. The first kappa shape index (κ1) is 16.2. The van der Waals surface area contributed by atoms with Crippen LogP contribution in [0.1, 0.15) is 6.92 Å². The first-order valence-electron chi connectivity index (χ1n) is 7.24. The molecule has 0 heterocycles. The van der Waals surface area contributed by atoms with Crippen LogP contribution in [0.15, 0.2) is 59.5 Å². The average molecular weight is 316 g/mol. The molecule has 0 aromatic heterocycles. The number of carbonyl (C=O) groups excluding carboxylic acids is 1. The Labute approximate surface area is 135 Å². The Morgan fingerprint density at radius 3 is 2.59 bits per heavy atom. The van der Waals surface area contributed by atoms with Gasteiger partial charge in [-0.25, -0.2) is 4.79 Å². The summed E-state index contributed by atoms with van der Waals surface area (Å²) in [4.78, 5) is 13.1. The van der Waals surface area contributed by atoms with Gasteiger partial charge >= 0.3 is 6.03 Å². The van der Waals surface area contributed by atoms with E-state index in [1.54, 1.807) is 11.8 Å². The van der Waals surface area contributed by atoms with Gasteiger partial charge in [0.05, 0.1) is 12.3 Å². The fraction of sp³-hybridized carbons (Fsp3) is 0.235. The Bertz CT molecular complexity index is 590. The number of carbonyl (C=O) groups is 1. The van der Waals surface area contributed by atoms with Crippen LogP contribution in [0.3, 0.4) is 0 Å². The van der Waals surface area contributed by atoms with Gasteiger partial charge in [-0.1, -0.05) is 30.3 Å². The van der Waals surface area contributed by atoms with E-state index in [4.69, 9.17) is 4.74 Å². The standard InChI is InChI=1S/C17H20N2O2S/c1-2-21-16-11-7-6-10-15(16)19-17(20)18-12-13-22-14-8-4-3-5-9-14/h3-11H,2,12-13H2,1H3,(H2,18,19,20). The third-order valence-corrected chi connectivity index (χ3v) is 3.85. The van der Waals surface area contributed by atoms with Gasteiger partial charge in [-0.2, -0.15) is 0 Å². The number of hydrogen-bond donors (Lipinski definition) is 2. The molecule has 2 aromatic carbocycles. The van der Waals surface area contributed by atoms with Gasteiger partial charge in [0.25, 0.3) is 0 Å². The Hall–Kier alpha value is -2.14. The van der Waals surface area contributed by atoms with E-state index in [1.165, 1.54) is 4.90 Å². The zero-order valence-corrected chi connectivity index (χ0v) is 13.4. The number of rotatable bonds is 7. The lowest BCUT2D eigenvalue weighted by molar-refractivity contribution is 0.252. The third-order valence-electron chi connectivity index (χ3n) is 2.83. The van der Waals surface area contributed by atoms with Gasteiger partial charge in [-0.05, 0) is 31.2 Å². The van der Waals surface area contributed by atoms with E-state index in [-0.39, 0.29) is 6.03 Å². The van der Waals surface area contributed by atoms with Crippen molar-refractivity contribution in [1.29, 1.82) is 0 Å². The maximum absolute atomic E-state index is 11.9. The van der Waals surface area contributed by atoms with Crippen LogP contribution in [-0.4, -0.2) is 24.9 Å². The third kappa shape index (κ3) is 5.33. The maximum atomic E-state index is 11.9. The Morgan fingerprint density at radius 1 is 1.09 bits per heavy atom. The van der Waals surface area contributed by atoms with Gasteiger partial charge in [0.2, 0.25) is 0 Å². The molecule has 2 amide bonds. The molecule has 0 saturated carbocycles. The van der Waals surface area contributed by atoms with Crippen molar-refractivity contribution in [2.75, 3.05) is 24.2 Å². The highest BCUT2D eigenvalue weighted by molar-refractivity contribution is 7.99. The number of anilines is 1. The Balaban J connectivity index is 1.74. The number of amides is 2. The molecule has 0 spiro atoms. The minimum Gasteiger partial charge on any atom is -0.492 e. The highest BCUT2D eigenvalue weighted by Crippen LogP contribution is 2.23. The van der Waals surface area contributed by atoms with Crippen LogP contribution in [0, 0.1) is 0 Å². The van der Waals surface area contributed by atoms with Crippen molar-refractivity contribution in [2.24, 2.45) is 0 Å². The predicted molar refractivity (Wildman–Crippen MR) is 91.8 cm³/mol. The monoisotopic (exact) mass is 316 g/mol. The highest BCUT2D eigenvalue weighted by Gasteiger charge is 2.06. The quantitative estimate of drug-likeness (QED) is 0.599. The number of benzene rings is 2. The minimum absolute atomic E-state index is 0.221. The number of nitrogens with one attached hydrogen (secondary N) is 2. The molecule has 0 aliphatic carbocycles. The predicted octanol–water partition coefficient (Wildman–Crippen LogP) is 4.00. The second-order valence-electron chi connectivity index (χ2n) is 4.47. The fourth-order valence-corrected chi connectivity index (χ4v) is 2.66. The van der Waals surface area contributed by atoms with Crippen LogP contribution >= 0.6 is 11.8 Å². The molecule has 0 atom stereocenters. The summed E-state index contributed by atoms with van der Waals surface area (Å²) in [6.45, 7) is 3.08. The Morgan fingerprint density at radius 2 is 1.82 bits per heavy atom. The minimum atomic E-state index is -0.221. The lowest BCUT2D eigenvalue weighted by Gasteiger charge is -2.12. The second-order valence-corrected chi connectivity index (χ2v) is 5.64. The second kappa shape index (κ2) is 9.00. The Kier molecular flexibility index (Phi) is 6.64. The van der Waals surface area contributed by atoms with Gasteiger partial charge in [0.1, 0.15) is 5.75 Å². The topological polar surface area (TPSA) is 50.4 Å². The van der Waals surface area contributed by atoms with Crippen molar-refractivity contribution in [3.05, 3.63) is 54.6 Å². The normalized spacial score (nSPS) is 10.0. The van der Waals surface area contributed by atoms with Crippen molar-refractivity contribution < 1.29 is 9.53 Å². The lowest BCUT2D eigenvalue weighted by atomic mass is 10.3. The van der Waals surface area contributed by atoms with E-state index in [0.29, 0.717) is 24.6 Å². The molecular weight excluding hydrogens is 296 g/mol. The van der Waals surface area contributed by atoms with E-state index in [9.17, 15) is 4.79 Å². The van der Waals surface area contributed by atoms with Gasteiger partial charge in [-0.3, -0.25) is 0 Å². The summed E-state index contributed by atoms with van der Waals surface area (Å²) in [5.74, 6) is 1.50. The molecule has 0 aliphatic rings. The van der Waals surface area contributed by atoms with Crippen LogP contribution < -0.4 is 15.4 Å². The summed E-state index contributed by atoms with van der Waals surface area (Å²) in [6, 6.07) is 17.3. The van der Waals surface area contributed by atoms with E-state index in [1.807, 2.05) is 49.4 Å². The first-order chi connectivity index (χ1) is 10.8. The molecule has 116 valence electrons. The molecule has 2 N–H and O–H groups in total. The van der Waals surface area contributed by atoms with E-state index >= 15 is 0 Å². The largest absolute Gasteiger partial charge is 0.492 e. The zero-order chi connectivity index (χ0) is 15.6. The van der Waals surface area contributed by atoms with Crippen LogP contribution in [0.5, 0.6) is 5.75 Å². The van der Waals surface area contributed by atoms with Crippen LogP contribution in [0.25, 0.3) is 0 Å². The number of para-hydroxylation sites is 2. The van der Waals surface area contributed by atoms with Gasteiger partial charge in [0, 0.05) is 17.2 Å². The number of thioether (sulfide) groups is 1. The number of urea groups is 1. The molecule has 0 saturated heterocycles. The zero-order valence-electron chi connectivity index (χ0n) is 12.5. The maximum Gasteiger partial charge on any atom is 0.319 e. The molecule has 0 unspecified atom stereocenters. The average Bonchev–Trinajstić information content (AvgIpc) is 2.55. The summed E-state index contributed by atoms with van der Waals surface area (Å²) >= 11 is 1.71. The molecule has 0 aliphatic heterocycles. The van der Waals surface area contributed by atoms with Gasteiger partial charge in [0.15, 0.2) is 0 Å².